The van der Waals surface area contributed by atoms with Crippen molar-refractivity contribution in [2.45, 2.75) is 19.3 Å². The largest absolute Gasteiger partial charge is 0.339 e. The Kier molecular flexibility index (Phi) is 5.88. The van der Waals surface area contributed by atoms with Crippen molar-refractivity contribution >= 4 is 34.9 Å². The van der Waals surface area contributed by atoms with Crippen molar-refractivity contribution in [3.8, 4) is 11.4 Å². The molecule has 0 aliphatic carbocycles. The zero-order chi connectivity index (χ0) is 19.3. The van der Waals surface area contributed by atoms with Gasteiger partial charge in [0.2, 0.25) is 17.6 Å². The number of piperidine rings is 1. The number of amides is 1. The maximum Gasteiger partial charge on any atom is 0.246 e. The van der Waals surface area contributed by atoms with Crippen molar-refractivity contribution in [1.82, 2.24) is 15.0 Å². The number of aromatic nitrogens is 2. The lowest BCUT2D eigenvalue weighted by atomic mass is 9.94. The van der Waals surface area contributed by atoms with Crippen molar-refractivity contribution in [3.63, 3.8) is 0 Å². The fraction of sp³-hybridized carbons (Fsp3) is 0.286. The van der Waals surface area contributed by atoms with E-state index >= 15 is 0 Å². The molecular formula is C21H20ClN3O2S. The second kappa shape index (κ2) is 8.71. The predicted octanol–water partition coefficient (Wildman–Crippen LogP) is 4.95. The molecule has 1 aliphatic heterocycles. The third-order valence-corrected chi connectivity index (χ3v) is 5.76. The van der Waals surface area contributed by atoms with Gasteiger partial charge in [0, 0.05) is 41.6 Å². The summed E-state index contributed by atoms with van der Waals surface area (Å²) < 4.78 is 5.42. The van der Waals surface area contributed by atoms with Crippen LogP contribution in [0.3, 0.4) is 0 Å². The van der Waals surface area contributed by atoms with Crippen LogP contribution in [-0.2, 0) is 11.2 Å². The van der Waals surface area contributed by atoms with Crippen molar-refractivity contribution in [3.05, 3.63) is 63.6 Å². The Morgan fingerprint density at radius 2 is 2.18 bits per heavy atom. The van der Waals surface area contributed by atoms with Crippen LogP contribution in [0, 0.1) is 5.92 Å². The summed E-state index contributed by atoms with van der Waals surface area (Å²) in [5.41, 5.74) is 1.94. The van der Waals surface area contributed by atoms with Gasteiger partial charge in [-0.15, -0.1) is 0 Å². The van der Waals surface area contributed by atoms with Crippen LogP contribution in [0.5, 0.6) is 0 Å². The molecule has 1 unspecified atom stereocenters. The molecular weight excluding hydrogens is 394 g/mol. The first-order chi connectivity index (χ1) is 13.7. The lowest BCUT2D eigenvalue weighted by Crippen LogP contribution is -2.39. The van der Waals surface area contributed by atoms with Gasteiger partial charge >= 0.3 is 0 Å². The number of hydrogen-bond donors (Lipinski definition) is 0. The number of benzene rings is 1. The maximum absolute atomic E-state index is 12.6. The molecule has 144 valence electrons. The Hall–Kier alpha value is -2.44. The number of rotatable bonds is 5. The maximum atomic E-state index is 12.6. The Labute approximate surface area is 172 Å². The van der Waals surface area contributed by atoms with E-state index in [4.69, 9.17) is 16.1 Å². The molecule has 2 aromatic heterocycles. The van der Waals surface area contributed by atoms with Gasteiger partial charge in [0.25, 0.3) is 0 Å². The number of likely N-dealkylation sites (tertiary alicyclic amines) is 1. The Morgan fingerprint density at radius 3 is 2.96 bits per heavy atom. The predicted molar refractivity (Wildman–Crippen MR) is 111 cm³/mol. The molecule has 28 heavy (non-hydrogen) atoms. The van der Waals surface area contributed by atoms with E-state index in [0.717, 1.165) is 30.5 Å². The van der Waals surface area contributed by atoms with E-state index in [1.54, 1.807) is 17.4 Å². The highest BCUT2D eigenvalue weighted by Crippen LogP contribution is 2.23. The van der Waals surface area contributed by atoms with Crippen LogP contribution in [0.1, 0.15) is 24.3 Å². The average Bonchev–Trinajstić information content (AvgIpc) is 3.39. The van der Waals surface area contributed by atoms with Crippen molar-refractivity contribution < 1.29 is 9.32 Å². The van der Waals surface area contributed by atoms with Crippen molar-refractivity contribution in [2.75, 3.05) is 13.1 Å². The van der Waals surface area contributed by atoms with Crippen LogP contribution in [0.25, 0.3) is 17.5 Å². The number of thiophene rings is 1. The third-order valence-electron chi connectivity index (χ3n) is 4.83. The summed E-state index contributed by atoms with van der Waals surface area (Å²) in [5, 5.41) is 8.75. The average molecular weight is 414 g/mol. The van der Waals surface area contributed by atoms with Crippen molar-refractivity contribution in [2.24, 2.45) is 5.92 Å². The van der Waals surface area contributed by atoms with Gasteiger partial charge in [0.05, 0.1) is 0 Å². The summed E-state index contributed by atoms with van der Waals surface area (Å²) in [6, 6.07) is 9.40. The summed E-state index contributed by atoms with van der Waals surface area (Å²) >= 11 is 7.50. The molecule has 5 nitrogen and oxygen atoms in total. The normalized spacial score (nSPS) is 17.3. The minimum Gasteiger partial charge on any atom is -0.339 e. The van der Waals surface area contributed by atoms with Crippen LogP contribution in [-0.4, -0.2) is 34.0 Å². The van der Waals surface area contributed by atoms with Gasteiger partial charge < -0.3 is 9.42 Å². The molecule has 1 aromatic carbocycles. The lowest BCUT2D eigenvalue weighted by Gasteiger charge is -2.31. The molecule has 1 saturated heterocycles. The Balaban J connectivity index is 1.35. The molecule has 0 radical (unpaired) electrons. The number of carbonyl (C=O) groups is 1. The molecule has 0 bridgehead atoms. The van der Waals surface area contributed by atoms with E-state index in [1.807, 2.05) is 52.1 Å². The topological polar surface area (TPSA) is 59.2 Å². The summed E-state index contributed by atoms with van der Waals surface area (Å²) in [5.74, 6) is 1.63. The van der Waals surface area contributed by atoms with Gasteiger partial charge in [-0.3, -0.25) is 4.79 Å². The van der Waals surface area contributed by atoms with Gasteiger partial charge in [0.15, 0.2) is 0 Å². The minimum absolute atomic E-state index is 0.0316. The van der Waals surface area contributed by atoms with Crippen LogP contribution in [0.4, 0.5) is 0 Å². The highest BCUT2D eigenvalue weighted by atomic mass is 35.5. The molecule has 1 atom stereocenters. The first-order valence-electron chi connectivity index (χ1n) is 9.25. The van der Waals surface area contributed by atoms with E-state index in [-0.39, 0.29) is 5.91 Å². The Bertz CT molecular complexity index is 950. The second-order valence-corrected chi connectivity index (χ2v) is 8.12. The van der Waals surface area contributed by atoms with Gasteiger partial charge in [-0.05, 0) is 54.0 Å². The fourth-order valence-corrected chi connectivity index (χ4v) is 4.13. The van der Waals surface area contributed by atoms with Crippen LogP contribution < -0.4 is 0 Å². The molecule has 0 spiro atoms. The summed E-state index contributed by atoms with van der Waals surface area (Å²) in [4.78, 5) is 19.0. The van der Waals surface area contributed by atoms with Crippen molar-refractivity contribution in [1.29, 1.82) is 0 Å². The minimum atomic E-state index is 0.0316. The van der Waals surface area contributed by atoms with Gasteiger partial charge in [-0.1, -0.05) is 28.9 Å². The number of nitrogens with zero attached hydrogens (tertiary/aromatic N) is 3. The van der Waals surface area contributed by atoms with Crippen LogP contribution in [0.15, 0.2) is 51.7 Å². The first-order valence-corrected chi connectivity index (χ1v) is 10.6. The molecule has 7 heteroatoms. The fourth-order valence-electron chi connectivity index (χ4n) is 3.37. The summed E-state index contributed by atoms with van der Waals surface area (Å²) in [6.45, 7) is 1.49. The number of hydrogen-bond acceptors (Lipinski definition) is 5. The summed E-state index contributed by atoms with van der Waals surface area (Å²) in [6.07, 6.45) is 6.19. The van der Waals surface area contributed by atoms with E-state index in [0.29, 0.717) is 35.6 Å². The number of halogens is 1. The third kappa shape index (κ3) is 4.69. The van der Waals surface area contributed by atoms with E-state index in [9.17, 15) is 4.79 Å². The molecule has 1 fully saturated rings. The molecule has 0 saturated carbocycles. The highest BCUT2D eigenvalue weighted by Gasteiger charge is 2.24. The highest BCUT2D eigenvalue weighted by molar-refractivity contribution is 7.08. The summed E-state index contributed by atoms with van der Waals surface area (Å²) in [7, 11) is 0. The van der Waals surface area contributed by atoms with Gasteiger partial charge in [-0.25, -0.2) is 0 Å². The second-order valence-electron chi connectivity index (χ2n) is 6.91. The van der Waals surface area contributed by atoms with Gasteiger partial charge in [-0.2, -0.15) is 16.3 Å². The molecule has 3 aromatic rings. The van der Waals surface area contributed by atoms with Crippen LogP contribution in [0.2, 0.25) is 5.02 Å². The zero-order valence-corrected chi connectivity index (χ0v) is 16.8. The SMILES string of the molecule is O=C(C=Cc1ccc(Cl)cc1)N1CCCC(Cc2nc(-c3ccsc3)no2)C1. The quantitative estimate of drug-likeness (QED) is 0.555. The molecule has 0 N–H and O–H groups in total. The van der Waals surface area contributed by atoms with Crippen LogP contribution >= 0.6 is 22.9 Å². The molecule has 1 aliphatic rings. The van der Waals surface area contributed by atoms with E-state index in [1.165, 1.54) is 0 Å². The van der Waals surface area contributed by atoms with E-state index < -0.39 is 0 Å². The molecule has 3 heterocycles. The first kappa shape index (κ1) is 18.9. The van der Waals surface area contributed by atoms with E-state index in [2.05, 4.69) is 10.1 Å². The Morgan fingerprint density at radius 1 is 1.32 bits per heavy atom. The van der Waals surface area contributed by atoms with Gasteiger partial charge in [0.1, 0.15) is 0 Å². The standard InChI is InChI=1S/C21H20ClN3O2S/c22-18-6-3-15(4-7-18)5-8-20(26)25-10-1-2-16(13-25)12-19-23-21(24-27-19)17-9-11-28-14-17/h3-9,11,14,16H,1-2,10,12-13H2. The monoisotopic (exact) mass is 413 g/mol. The molecule has 4 rings (SSSR count). The number of carbonyl (C=O) groups excluding carboxylic acids is 1. The molecule has 1 amide bonds. The smallest absolute Gasteiger partial charge is 0.246 e. The zero-order valence-electron chi connectivity index (χ0n) is 15.3. The lowest BCUT2D eigenvalue weighted by molar-refractivity contribution is -0.127.